The Hall–Kier alpha value is -1.83. The molecule has 0 bridgehead atoms. The van der Waals surface area contributed by atoms with Crippen LogP contribution in [0.4, 0.5) is 0 Å². The molecule has 0 aliphatic heterocycles. The van der Waals surface area contributed by atoms with E-state index in [2.05, 4.69) is 17.2 Å². The first-order valence-corrected chi connectivity index (χ1v) is 11.5. The number of fused-ring (bicyclic) bond motifs is 2. The fraction of sp³-hybridized carbons (Fsp3) is 0.609. The smallest absolute Gasteiger partial charge is 0.220 e. The van der Waals surface area contributed by atoms with Crippen LogP contribution in [-0.2, 0) is 17.8 Å². The molecule has 30 heavy (non-hydrogen) atoms. The Labute approximate surface area is 181 Å². The second-order valence-electron chi connectivity index (χ2n) is 9.42. The monoisotopic (exact) mass is 429 g/mol. The number of amides is 1. The molecule has 0 unspecified atom stereocenters. The quantitative estimate of drug-likeness (QED) is 0.679. The Morgan fingerprint density at radius 2 is 2.20 bits per heavy atom. The topological polar surface area (TPSA) is 95.3 Å². The Balaban J connectivity index is 1.62. The van der Waals surface area contributed by atoms with Crippen molar-refractivity contribution >= 4 is 17.2 Å². The number of aliphatic hydroxyl groups is 2. The van der Waals surface area contributed by atoms with Crippen LogP contribution in [0.25, 0.3) is 0 Å². The van der Waals surface area contributed by atoms with E-state index >= 15 is 0 Å². The van der Waals surface area contributed by atoms with Crippen molar-refractivity contribution < 1.29 is 15.0 Å². The van der Waals surface area contributed by atoms with Crippen LogP contribution in [0.5, 0.6) is 0 Å². The van der Waals surface area contributed by atoms with E-state index < -0.39 is 11.5 Å². The molecule has 0 radical (unpaired) electrons. The van der Waals surface area contributed by atoms with Gasteiger partial charge in [0.05, 0.1) is 23.4 Å². The number of aromatic nitrogens is 2. The van der Waals surface area contributed by atoms with Gasteiger partial charge in [-0.25, -0.2) is 4.98 Å². The SMILES string of the molecule is Cc1nc2c(s1)C[C@H]1[C@](C)(CO)[C@H](O)CC[C@@]1(C)[C@@H]2CC(=O)NCc1cccnc1. The molecule has 5 atom stereocenters. The minimum atomic E-state index is -0.576. The second kappa shape index (κ2) is 8.02. The first-order valence-electron chi connectivity index (χ1n) is 10.7. The van der Waals surface area contributed by atoms with E-state index in [0.717, 1.165) is 29.1 Å². The molecule has 2 aliphatic carbocycles. The van der Waals surface area contributed by atoms with E-state index in [4.69, 9.17) is 4.98 Å². The number of hydrogen-bond donors (Lipinski definition) is 3. The van der Waals surface area contributed by atoms with Crippen molar-refractivity contribution in [3.8, 4) is 0 Å². The summed E-state index contributed by atoms with van der Waals surface area (Å²) in [6, 6.07) is 3.81. The normalized spacial score (nSPS) is 32.9. The number of rotatable bonds is 5. The fourth-order valence-corrected chi connectivity index (χ4v) is 6.77. The van der Waals surface area contributed by atoms with Crippen LogP contribution in [0, 0.1) is 23.7 Å². The number of aliphatic hydroxyl groups excluding tert-OH is 2. The van der Waals surface area contributed by atoms with Gasteiger partial charge in [-0.1, -0.05) is 19.9 Å². The molecule has 6 nitrogen and oxygen atoms in total. The van der Waals surface area contributed by atoms with Crippen LogP contribution < -0.4 is 5.32 Å². The van der Waals surface area contributed by atoms with Crippen LogP contribution in [0.15, 0.2) is 24.5 Å². The molecular formula is C23H31N3O3S. The Morgan fingerprint density at radius 1 is 1.40 bits per heavy atom. The third kappa shape index (κ3) is 3.57. The summed E-state index contributed by atoms with van der Waals surface area (Å²) in [4.78, 5) is 23.1. The summed E-state index contributed by atoms with van der Waals surface area (Å²) in [5.74, 6) is 0.0739. The molecule has 7 heteroatoms. The van der Waals surface area contributed by atoms with Gasteiger partial charge in [0.25, 0.3) is 0 Å². The van der Waals surface area contributed by atoms with Gasteiger partial charge in [0.15, 0.2) is 0 Å². The number of aryl methyl sites for hydroxylation is 1. The van der Waals surface area contributed by atoms with E-state index in [-0.39, 0.29) is 29.8 Å². The van der Waals surface area contributed by atoms with E-state index in [1.54, 1.807) is 23.7 Å². The second-order valence-corrected chi connectivity index (χ2v) is 10.7. The third-order valence-corrected chi connectivity index (χ3v) is 8.61. The lowest BCUT2D eigenvalue weighted by atomic mass is 9.47. The summed E-state index contributed by atoms with van der Waals surface area (Å²) < 4.78 is 0. The van der Waals surface area contributed by atoms with Crippen LogP contribution in [0.1, 0.15) is 60.2 Å². The average Bonchev–Trinajstić information content (AvgIpc) is 3.12. The molecule has 2 aromatic rings. The predicted molar refractivity (Wildman–Crippen MR) is 116 cm³/mol. The largest absolute Gasteiger partial charge is 0.396 e. The molecule has 2 aliphatic rings. The zero-order chi connectivity index (χ0) is 21.5. The molecule has 1 saturated carbocycles. The highest BCUT2D eigenvalue weighted by atomic mass is 32.1. The summed E-state index contributed by atoms with van der Waals surface area (Å²) >= 11 is 1.68. The lowest BCUT2D eigenvalue weighted by Crippen LogP contribution is -2.57. The predicted octanol–water partition coefficient (Wildman–Crippen LogP) is 2.97. The fourth-order valence-electron chi connectivity index (χ4n) is 5.73. The van der Waals surface area contributed by atoms with Crippen molar-refractivity contribution in [3.05, 3.63) is 45.7 Å². The van der Waals surface area contributed by atoms with E-state index in [0.29, 0.717) is 19.4 Å². The number of pyridine rings is 1. The highest BCUT2D eigenvalue weighted by molar-refractivity contribution is 7.11. The molecule has 4 rings (SSSR count). The molecule has 2 heterocycles. The van der Waals surface area contributed by atoms with Crippen molar-refractivity contribution in [2.24, 2.45) is 16.7 Å². The van der Waals surface area contributed by atoms with Crippen molar-refractivity contribution in [2.75, 3.05) is 6.61 Å². The van der Waals surface area contributed by atoms with Crippen molar-refractivity contribution in [1.29, 1.82) is 0 Å². The van der Waals surface area contributed by atoms with E-state index in [1.165, 1.54) is 4.88 Å². The van der Waals surface area contributed by atoms with Gasteiger partial charge in [-0.15, -0.1) is 11.3 Å². The third-order valence-electron chi connectivity index (χ3n) is 7.60. The van der Waals surface area contributed by atoms with Gasteiger partial charge in [0.2, 0.25) is 5.91 Å². The number of carbonyl (C=O) groups is 1. The van der Waals surface area contributed by atoms with Crippen molar-refractivity contribution in [2.45, 2.75) is 65.0 Å². The number of hydrogen-bond acceptors (Lipinski definition) is 6. The molecule has 1 fully saturated rings. The lowest BCUT2D eigenvalue weighted by molar-refractivity contribution is -0.144. The van der Waals surface area contributed by atoms with Gasteiger partial charge in [0, 0.05) is 41.6 Å². The molecule has 162 valence electrons. The zero-order valence-corrected chi connectivity index (χ0v) is 18.7. The first-order chi connectivity index (χ1) is 14.3. The van der Waals surface area contributed by atoms with Gasteiger partial charge >= 0.3 is 0 Å². The molecule has 2 aromatic heterocycles. The van der Waals surface area contributed by atoms with E-state index in [9.17, 15) is 15.0 Å². The maximum absolute atomic E-state index is 13.0. The average molecular weight is 430 g/mol. The first kappa shape index (κ1) is 21.4. The molecule has 0 spiro atoms. The van der Waals surface area contributed by atoms with Gasteiger partial charge < -0.3 is 15.5 Å². The zero-order valence-electron chi connectivity index (χ0n) is 17.9. The maximum atomic E-state index is 13.0. The maximum Gasteiger partial charge on any atom is 0.220 e. The summed E-state index contributed by atoms with van der Waals surface area (Å²) in [5, 5.41) is 25.1. The van der Waals surface area contributed by atoms with Gasteiger partial charge in [-0.05, 0) is 49.1 Å². The van der Waals surface area contributed by atoms with Gasteiger partial charge in [-0.2, -0.15) is 0 Å². The molecule has 1 amide bonds. The molecule has 0 saturated heterocycles. The van der Waals surface area contributed by atoms with E-state index in [1.807, 2.05) is 26.0 Å². The van der Waals surface area contributed by atoms with Crippen LogP contribution >= 0.6 is 11.3 Å². The highest BCUT2D eigenvalue weighted by Gasteiger charge is 2.59. The Bertz CT molecular complexity index is 918. The molecule has 3 N–H and O–H groups in total. The summed E-state index contributed by atoms with van der Waals surface area (Å²) in [6.07, 6.45) is 5.57. The van der Waals surface area contributed by atoms with Crippen LogP contribution in [0.3, 0.4) is 0 Å². The number of carbonyl (C=O) groups excluding carboxylic acids is 1. The lowest BCUT2D eigenvalue weighted by Gasteiger charge is -2.58. The van der Waals surface area contributed by atoms with Gasteiger partial charge in [0.1, 0.15) is 0 Å². The number of nitrogens with zero attached hydrogens (tertiary/aromatic N) is 2. The van der Waals surface area contributed by atoms with Crippen LogP contribution in [-0.4, -0.2) is 38.8 Å². The summed E-state index contributed by atoms with van der Waals surface area (Å²) in [6.45, 7) is 6.64. The Morgan fingerprint density at radius 3 is 2.90 bits per heavy atom. The summed E-state index contributed by atoms with van der Waals surface area (Å²) in [5.41, 5.74) is 1.24. The van der Waals surface area contributed by atoms with Gasteiger partial charge in [-0.3, -0.25) is 9.78 Å². The van der Waals surface area contributed by atoms with Crippen molar-refractivity contribution in [1.82, 2.24) is 15.3 Å². The van der Waals surface area contributed by atoms with Crippen molar-refractivity contribution in [3.63, 3.8) is 0 Å². The standard InChI is InChI=1S/C23H31N3O3S/c1-14-26-21-16(9-20(29)25-12-15-5-4-8-24-11-15)22(2)7-6-19(28)23(3,13-27)18(22)10-17(21)30-14/h4-5,8,11,16,18-19,27-28H,6-7,9-10,12-13H2,1-3H3,(H,25,29)/t16-,18-,19-,22+,23+/m1/s1. The number of thiazole rings is 1. The minimum Gasteiger partial charge on any atom is -0.396 e. The molecule has 0 aromatic carbocycles. The van der Waals surface area contributed by atoms with Crippen LogP contribution in [0.2, 0.25) is 0 Å². The Kier molecular flexibility index (Phi) is 5.72. The minimum absolute atomic E-state index is 0.000783. The highest BCUT2D eigenvalue weighted by Crippen LogP contribution is 2.62. The number of nitrogens with one attached hydrogen (secondary N) is 1. The molecular weight excluding hydrogens is 398 g/mol. The summed E-state index contributed by atoms with van der Waals surface area (Å²) in [7, 11) is 0.